The van der Waals surface area contributed by atoms with Gasteiger partial charge in [0.15, 0.2) is 0 Å². The normalized spacial score (nSPS) is 24.4. The first kappa shape index (κ1) is 24.2. The van der Waals surface area contributed by atoms with Crippen molar-refractivity contribution in [3.8, 4) is 0 Å². The third kappa shape index (κ3) is 5.59. The Labute approximate surface area is 197 Å². The molecule has 2 aliphatic heterocycles. The fourth-order valence-corrected chi connectivity index (χ4v) is 4.61. The molecule has 2 unspecified atom stereocenters. The van der Waals surface area contributed by atoms with Crippen molar-refractivity contribution in [1.29, 1.82) is 0 Å². The molecule has 9 heteroatoms. The van der Waals surface area contributed by atoms with Gasteiger partial charge in [0.25, 0.3) is 0 Å². The lowest BCUT2D eigenvalue weighted by atomic mass is 9.76. The highest BCUT2D eigenvalue weighted by Crippen LogP contribution is 2.51. The second-order valence-corrected chi connectivity index (χ2v) is 9.01. The number of fused-ring (bicyclic) bond motifs is 3. The highest BCUT2D eigenvalue weighted by molar-refractivity contribution is 5.84. The predicted molar refractivity (Wildman–Crippen MR) is 125 cm³/mol. The van der Waals surface area contributed by atoms with E-state index >= 15 is 0 Å². The first-order valence-electron chi connectivity index (χ1n) is 11.4. The molecule has 0 spiro atoms. The monoisotopic (exact) mass is 474 g/mol. The number of halogens is 3. The van der Waals surface area contributed by atoms with Gasteiger partial charge >= 0.3 is 12.2 Å². The van der Waals surface area contributed by atoms with Crippen LogP contribution < -0.4 is 10.6 Å². The van der Waals surface area contributed by atoms with Gasteiger partial charge in [-0.05, 0) is 50.7 Å². The van der Waals surface area contributed by atoms with Gasteiger partial charge in [-0.1, -0.05) is 30.3 Å². The summed E-state index contributed by atoms with van der Waals surface area (Å²) in [4.78, 5) is 17.8. The molecule has 182 valence electrons. The van der Waals surface area contributed by atoms with Crippen LogP contribution >= 0.6 is 0 Å². The number of aliphatic imine (C=N–C) groups is 1. The summed E-state index contributed by atoms with van der Waals surface area (Å²) in [6.45, 7) is 0.794. The van der Waals surface area contributed by atoms with Gasteiger partial charge in [-0.15, -0.1) is 0 Å². The van der Waals surface area contributed by atoms with Gasteiger partial charge in [0.05, 0.1) is 23.8 Å². The summed E-state index contributed by atoms with van der Waals surface area (Å²) in [5.74, 6) is -0.0385. The Morgan fingerprint density at radius 1 is 1.21 bits per heavy atom. The molecule has 0 saturated carbocycles. The Morgan fingerprint density at radius 3 is 2.68 bits per heavy atom. The highest BCUT2D eigenvalue weighted by Gasteiger charge is 2.43. The van der Waals surface area contributed by atoms with Crippen LogP contribution in [0.3, 0.4) is 0 Å². The number of ether oxygens (including phenoxy) is 1. The quantitative estimate of drug-likeness (QED) is 0.596. The molecule has 2 aliphatic rings. The molecular formula is C25H29F3N4O2. The van der Waals surface area contributed by atoms with E-state index in [4.69, 9.17) is 4.74 Å². The zero-order valence-corrected chi connectivity index (χ0v) is 19.2. The van der Waals surface area contributed by atoms with Crippen molar-refractivity contribution in [3.05, 3.63) is 65.2 Å². The van der Waals surface area contributed by atoms with Crippen molar-refractivity contribution in [2.24, 2.45) is 10.9 Å². The molecule has 4 rings (SSSR count). The topological polar surface area (TPSA) is 66.0 Å². The van der Waals surface area contributed by atoms with Crippen molar-refractivity contribution < 1.29 is 22.7 Å². The Kier molecular flexibility index (Phi) is 7.23. The Morgan fingerprint density at radius 2 is 1.97 bits per heavy atom. The summed E-state index contributed by atoms with van der Waals surface area (Å²) in [6, 6.07) is 13.1. The average molecular weight is 475 g/mol. The molecule has 0 radical (unpaired) electrons. The van der Waals surface area contributed by atoms with E-state index in [1.54, 1.807) is 0 Å². The van der Waals surface area contributed by atoms with Crippen LogP contribution in [-0.2, 0) is 10.9 Å². The van der Waals surface area contributed by atoms with E-state index in [1.807, 2.05) is 49.3 Å². The van der Waals surface area contributed by atoms with Gasteiger partial charge in [-0.2, -0.15) is 13.2 Å². The molecule has 0 aromatic heterocycles. The number of benzene rings is 2. The third-order valence-electron chi connectivity index (χ3n) is 6.27. The predicted octanol–water partition coefficient (Wildman–Crippen LogP) is 5.05. The number of rotatable bonds is 5. The van der Waals surface area contributed by atoms with E-state index in [-0.39, 0.29) is 24.6 Å². The lowest BCUT2D eigenvalue weighted by molar-refractivity contribution is -0.138. The Balaban J connectivity index is 1.54. The van der Waals surface area contributed by atoms with Gasteiger partial charge in [0.1, 0.15) is 0 Å². The zero-order chi connectivity index (χ0) is 24.3. The summed E-state index contributed by atoms with van der Waals surface area (Å²) in [5, 5.41) is 6.20. The molecule has 0 bridgehead atoms. The van der Waals surface area contributed by atoms with Crippen LogP contribution in [-0.4, -0.2) is 50.4 Å². The molecule has 2 N–H and O–H groups in total. The van der Waals surface area contributed by atoms with Crippen LogP contribution in [0.15, 0.2) is 53.5 Å². The first-order chi connectivity index (χ1) is 16.2. The Hall–Kier alpha value is -2.91. The van der Waals surface area contributed by atoms with E-state index < -0.39 is 23.9 Å². The maximum Gasteiger partial charge on any atom is 0.416 e. The van der Waals surface area contributed by atoms with Crippen molar-refractivity contribution in [3.63, 3.8) is 0 Å². The number of nitrogens with one attached hydrogen (secondary N) is 2. The number of hydrogen-bond donors (Lipinski definition) is 2. The maximum atomic E-state index is 13.4. The minimum absolute atomic E-state index is 0.0385. The average Bonchev–Trinajstić information content (AvgIpc) is 2.81. The zero-order valence-electron chi connectivity index (χ0n) is 19.2. The van der Waals surface area contributed by atoms with Crippen LogP contribution in [0.5, 0.6) is 0 Å². The van der Waals surface area contributed by atoms with Crippen LogP contribution in [0.1, 0.15) is 41.7 Å². The number of carbonyl (C=O) groups is 1. The number of anilines is 1. The molecule has 1 fully saturated rings. The molecule has 2 heterocycles. The van der Waals surface area contributed by atoms with Gasteiger partial charge in [0, 0.05) is 36.5 Å². The first-order valence-corrected chi connectivity index (χ1v) is 11.4. The Bertz CT molecular complexity index is 1030. The number of nitrogens with zero attached hydrogens (tertiary/aromatic N) is 2. The summed E-state index contributed by atoms with van der Waals surface area (Å²) in [7, 11) is 3.75. The van der Waals surface area contributed by atoms with E-state index in [2.05, 4.69) is 15.6 Å². The van der Waals surface area contributed by atoms with Crippen LogP contribution in [0.25, 0.3) is 0 Å². The second-order valence-electron chi connectivity index (χ2n) is 9.01. The molecule has 34 heavy (non-hydrogen) atoms. The molecule has 4 atom stereocenters. The lowest BCUT2D eigenvalue weighted by Gasteiger charge is -2.46. The largest absolute Gasteiger partial charge is 0.416 e. The van der Waals surface area contributed by atoms with Crippen molar-refractivity contribution in [2.75, 3.05) is 32.5 Å². The summed E-state index contributed by atoms with van der Waals surface area (Å²) < 4.78 is 46.7. The highest BCUT2D eigenvalue weighted by atomic mass is 19.4. The fourth-order valence-electron chi connectivity index (χ4n) is 4.61. The molecule has 0 aliphatic carbocycles. The van der Waals surface area contributed by atoms with Gasteiger partial charge in [0.2, 0.25) is 0 Å². The summed E-state index contributed by atoms with van der Waals surface area (Å²) >= 11 is 0. The lowest BCUT2D eigenvalue weighted by Crippen LogP contribution is -2.42. The van der Waals surface area contributed by atoms with E-state index in [0.717, 1.165) is 18.1 Å². The molecule has 2 aromatic carbocycles. The van der Waals surface area contributed by atoms with Crippen LogP contribution in [0.4, 0.5) is 23.7 Å². The van der Waals surface area contributed by atoms with E-state index in [0.29, 0.717) is 24.2 Å². The number of carbonyl (C=O) groups excluding carboxylic acids is 1. The minimum atomic E-state index is -4.44. The number of amides is 2. The smallest absolute Gasteiger partial charge is 0.378 e. The summed E-state index contributed by atoms with van der Waals surface area (Å²) in [6.07, 6.45) is -2.31. The van der Waals surface area contributed by atoms with Gasteiger partial charge in [-0.3, -0.25) is 0 Å². The van der Waals surface area contributed by atoms with Gasteiger partial charge < -0.3 is 20.3 Å². The number of urea groups is 1. The van der Waals surface area contributed by atoms with E-state index in [9.17, 15) is 18.0 Å². The van der Waals surface area contributed by atoms with Crippen molar-refractivity contribution in [2.45, 2.75) is 37.3 Å². The van der Waals surface area contributed by atoms with Crippen LogP contribution in [0.2, 0.25) is 0 Å². The van der Waals surface area contributed by atoms with E-state index in [1.165, 1.54) is 18.3 Å². The second kappa shape index (κ2) is 10.1. The number of hydrogen-bond acceptors (Lipinski definition) is 4. The molecule has 2 amide bonds. The fraction of sp³-hybridized carbons (Fsp3) is 0.440. The molecular weight excluding hydrogens is 445 g/mol. The van der Waals surface area contributed by atoms with Crippen LogP contribution in [0, 0.1) is 5.92 Å². The van der Waals surface area contributed by atoms with Crippen molar-refractivity contribution >= 4 is 17.9 Å². The third-order valence-corrected chi connectivity index (χ3v) is 6.27. The minimum Gasteiger partial charge on any atom is -0.378 e. The maximum absolute atomic E-state index is 13.4. The number of alkyl halides is 3. The molecule has 1 saturated heterocycles. The molecule has 2 aromatic rings. The molecule has 6 nitrogen and oxygen atoms in total. The van der Waals surface area contributed by atoms with Gasteiger partial charge in [-0.25, -0.2) is 9.79 Å². The standard InChI is InChI=1S/C25H29F3N4O2/c1-32(2)13-12-29-24(33)30-15-18-9-10-19-22(16-6-4-3-5-7-16)31-21-11-8-17(25(26,27)28)14-20(21)23(19)34-18/h3-8,11-12,14,18-19,22-23,31H,9-10,13,15H2,1-2H3,(H,30,33)/t18-,19?,22+,23?/m1/s1. The van der Waals surface area contributed by atoms with Crippen molar-refractivity contribution in [1.82, 2.24) is 10.2 Å². The SMILES string of the molecule is CN(C)CC=NC(=O)NC[C@H]1CCC2C(O1)c1cc(C(F)(F)F)ccc1N[C@H]2c1ccccc1. The summed E-state index contributed by atoms with van der Waals surface area (Å²) in [5.41, 5.74) is 1.51.